The first-order valence-corrected chi connectivity index (χ1v) is 12.7. The molecule has 2 aromatic carbocycles. The van der Waals surface area contributed by atoms with Crippen molar-refractivity contribution >= 4 is 62.4 Å². The van der Waals surface area contributed by atoms with Gasteiger partial charge in [-0.1, -0.05) is 38.4 Å². The number of alkyl halides is 3. The van der Waals surface area contributed by atoms with E-state index >= 15 is 0 Å². The van der Waals surface area contributed by atoms with Crippen LogP contribution in [-0.4, -0.2) is 21.2 Å². The van der Waals surface area contributed by atoms with E-state index in [1.165, 1.54) is 12.3 Å². The molecule has 0 aliphatic rings. The maximum Gasteiger partial charge on any atom is 0.416 e. The highest BCUT2D eigenvalue weighted by molar-refractivity contribution is 7.14. The smallest absolute Gasteiger partial charge is 0.352 e. The summed E-state index contributed by atoms with van der Waals surface area (Å²) in [4.78, 5) is 29.5. The summed E-state index contributed by atoms with van der Waals surface area (Å²) in [6, 6.07) is 8.33. The molecule has 0 aliphatic heterocycles. The zero-order valence-corrected chi connectivity index (χ0v) is 22.4. The van der Waals surface area contributed by atoms with Crippen molar-refractivity contribution < 1.29 is 27.2 Å². The van der Waals surface area contributed by atoms with Crippen molar-refractivity contribution in [2.24, 2.45) is 5.41 Å². The van der Waals surface area contributed by atoms with Gasteiger partial charge in [-0.25, -0.2) is 4.39 Å². The Labute approximate surface area is 229 Å². The third-order valence-electron chi connectivity index (χ3n) is 5.56. The Morgan fingerprint density at radius 3 is 2.46 bits per heavy atom. The molecule has 4 aromatic rings. The summed E-state index contributed by atoms with van der Waals surface area (Å²) in [5, 5.41) is 8.31. The van der Waals surface area contributed by atoms with E-state index in [1.54, 1.807) is 39.0 Å². The standard InChI is InChI=1S/C26H22ClF4N5O2S/c1-25(2,3)24(38)33-12-13-4-6-16(27)15(10-13)23(37)35-18-8-9-32-20-21(18)39-36-22(20)34-19-11-14(26(29,30)31)5-7-17(19)28/h4-11H,12H2,1-3H3,(H,33,38)(H,34,36)(H,32,35,37). The Bertz CT molecular complexity index is 1570. The first-order valence-electron chi connectivity index (χ1n) is 11.5. The molecule has 2 aromatic heterocycles. The summed E-state index contributed by atoms with van der Waals surface area (Å²) >= 11 is 7.19. The number of rotatable bonds is 6. The number of carbonyl (C=O) groups excluding carboxylic acids is 2. The van der Waals surface area contributed by atoms with Gasteiger partial charge >= 0.3 is 6.18 Å². The maximum absolute atomic E-state index is 14.2. The Balaban J connectivity index is 1.56. The van der Waals surface area contributed by atoms with Crippen molar-refractivity contribution in [2.45, 2.75) is 33.5 Å². The van der Waals surface area contributed by atoms with Crippen LogP contribution in [0.4, 0.5) is 34.8 Å². The number of aromatic nitrogens is 2. The second-order valence-electron chi connectivity index (χ2n) is 9.59. The van der Waals surface area contributed by atoms with Gasteiger partial charge in [-0.2, -0.15) is 17.5 Å². The molecule has 7 nitrogen and oxygen atoms in total. The first-order chi connectivity index (χ1) is 18.2. The number of amides is 2. The van der Waals surface area contributed by atoms with E-state index in [4.69, 9.17) is 11.6 Å². The lowest BCUT2D eigenvalue weighted by Crippen LogP contribution is -2.34. The average molecular weight is 580 g/mol. The molecule has 0 saturated heterocycles. The van der Waals surface area contributed by atoms with Gasteiger partial charge in [0.15, 0.2) is 5.82 Å². The molecule has 0 aliphatic carbocycles. The topological polar surface area (TPSA) is 96.0 Å². The van der Waals surface area contributed by atoms with E-state index in [0.717, 1.165) is 11.5 Å². The lowest BCUT2D eigenvalue weighted by Gasteiger charge is -2.18. The van der Waals surface area contributed by atoms with Gasteiger partial charge in [0, 0.05) is 18.2 Å². The highest BCUT2D eigenvalue weighted by Gasteiger charge is 2.31. The summed E-state index contributed by atoms with van der Waals surface area (Å²) in [6.45, 7) is 5.56. The quantitative estimate of drug-likeness (QED) is 0.211. The zero-order chi connectivity index (χ0) is 28.5. The summed E-state index contributed by atoms with van der Waals surface area (Å²) < 4.78 is 58.1. The number of anilines is 3. The SMILES string of the molecule is CC(C)(C)C(=O)NCc1ccc(Cl)c(C(=O)Nc2ccnc3c(Nc4cc(C(F)(F)F)ccc4F)nsc23)c1. The van der Waals surface area contributed by atoms with E-state index in [1.807, 2.05) is 0 Å². The van der Waals surface area contributed by atoms with Crippen LogP contribution in [-0.2, 0) is 17.5 Å². The molecule has 0 unspecified atom stereocenters. The highest BCUT2D eigenvalue weighted by atomic mass is 35.5. The number of fused-ring (bicyclic) bond motifs is 1. The fraction of sp³-hybridized carbons (Fsp3) is 0.231. The molecule has 0 bridgehead atoms. The molecule has 2 heterocycles. The van der Waals surface area contributed by atoms with Crippen LogP contribution in [0, 0.1) is 11.2 Å². The van der Waals surface area contributed by atoms with Crippen molar-refractivity contribution in [1.82, 2.24) is 14.7 Å². The number of benzene rings is 2. The summed E-state index contributed by atoms with van der Waals surface area (Å²) in [6.07, 6.45) is -3.28. The minimum absolute atomic E-state index is 0.0268. The van der Waals surface area contributed by atoms with Gasteiger partial charge in [0.25, 0.3) is 5.91 Å². The second-order valence-corrected chi connectivity index (χ2v) is 10.8. The third kappa shape index (κ3) is 6.45. The predicted octanol–water partition coefficient (Wildman–Crippen LogP) is 7.16. The number of nitrogens with one attached hydrogen (secondary N) is 3. The Morgan fingerprint density at radius 2 is 1.77 bits per heavy atom. The lowest BCUT2D eigenvalue weighted by molar-refractivity contribution is -0.137. The minimum Gasteiger partial charge on any atom is -0.352 e. The molecule has 0 atom stereocenters. The Kier molecular flexibility index (Phi) is 7.80. The van der Waals surface area contributed by atoms with Crippen LogP contribution in [0.2, 0.25) is 5.02 Å². The summed E-state index contributed by atoms with van der Waals surface area (Å²) in [5.41, 5.74) is -0.650. The van der Waals surface area contributed by atoms with Gasteiger partial charge in [-0.05, 0) is 53.5 Å². The van der Waals surface area contributed by atoms with Crippen LogP contribution in [0.1, 0.15) is 42.3 Å². The first kappa shape index (κ1) is 28.2. The van der Waals surface area contributed by atoms with Crippen molar-refractivity contribution in [3.05, 3.63) is 76.2 Å². The molecule has 0 spiro atoms. The number of pyridine rings is 1. The molecular weight excluding hydrogens is 558 g/mol. The predicted molar refractivity (Wildman–Crippen MR) is 143 cm³/mol. The van der Waals surface area contributed by atoms with Crippen LogP contribution in [0.15, 0.2) is 48.7 Å². The zero-order valence-electron chi connectivity index (χ0n) is 20.8. The lowest BCUT2D eigenvalue weighted by atomic mass is 9.95. The van der Waals surface area contributed by atoms with Gasteiger partial charge < -0.3 is 16.0 Å². The molecule has 0 saturated carbocycles. The van der Waals surface area contributed by atoms with Gasteiger partial charge in [-0.3, -0.25) is 14.6 Å². The molecule has 13 heteroatoms. The summed E-state index contributed by atoms with van der Waals surface area (Å²) in [5.74, 6) is -1.56. The van der Waals surface area contributed by atoms with Gasteiger partial charge in [0.2, 0.25) is 5.91 Å². The van der Waals surface area contributed by atoms with E-state index < -0.39 is 34.6 Å². The fourth-order valence-corrected chi connectivity index (χ4v) is 4.41. The monoisotopic (exact) mass is 579 g/mol. The van der Waals surface area contributed by atoms with Gasteiger partial charge in [0.05, 0.1) is 32.2 Å². The molecule has 0 radical (unpaired) electrons. The number of hydrogen-bond acceptors (Lipinski definition) is 6. The number of hydrogen-bond donors (Lipinski definition) is 3. The fourth-order valence-electron chi connectivity index (χ4n) is 3.44. The van der Waals surface area contributed by atoms with Gasteiger partial charge in [0.1, 0.15) is 11.3 Å². The Hall–Kier alpha value is -3.77. The molecule has 0 fully saturated rings. The molecule has 39 heavy (non-hydrogen) atoms. The van der Waals surface area contributed by atoms with Crippen molar-refractivity contribution in [2.75, 3.05) is 10.6 Å². The number of carbonyl (C=O) groups is 2. The largest absolute Gasteiger partial charge is 0.416 e. The molecule has 3 N–H and O–H groups in total. The maximum atomic E-state index is 14.2. The Morgan fingerprint density at radius 1 is 1.03 bits per heavy atom. The van der Waals surface area contributed by atoms with E-state index in [0.29, 0.717) is 34.1 Å². The van der Waals surface area contributed by atoms with Crippen LogP contribution >= 0.6 is 23.1 Å². The van der Waals surface area contributed by atoms with E-state index in [-0.39, 0.29) is 34.4 Å². The van der Waals surface area contributed by atoms with Crippen molar-refractivity contribution in [3.8, 4) is 0 Å². The highest BCUT2D eigenvalue weighted by Crippen LogP contribution is 2.36. The van der Waals surface area contributed by atoms with Gasteiger partial charge in [-0.15, -0.1) is 0 Å². The minimum atomic E-state index is -4.65. The molecular formula is C26H22ClF4N5O2S. The average Bonchev–Trinajstić information content (AvgIpc) is 3.27. The molecule has 204 valence electrons. The van der Waals surface area contributed by atoms with E-state index in [9.17, 15) is 27.2 Å². The van der Waals surface area contributed by atoms with Crippen LogP contribution < -0.4 is 16.0 Å². The van der Waals surface area contributed by atoms with Crippen molar-refractivity contribution in [3.63, 3.8) is 0 Å². The second kappa shape index (κ2) is 10.8. The number of halogens is 5. The number of nitrogens with zero attached hydrogens (tertiary/aromatic N) is 2. The van der Waals surface area contributed by atoms with Crippen molar-refractivity contribution in [1.29, 1.82) is 0 Å². The van der Waals surface area contributed by atoms with E-state index in [2.05, 4.69) is 25.3 Å². The third-order valence-corrected chi connectivity index (χ3v) is 6.76. The molecule has 2 amide bonds. The van der Waals surface area contributed by atoms with Crippen LogP contribution in [0.25, 0.3) is 10.2 Å². The normalized spacial score (nSPS) is 11.9. The van der Waals surface area contributed by atoms with Crippen LogP contribution in [0.3, 0.4) is 0 Å². The summed E-state index contributed by atoms with van der Waals surface area (Å²) in [7, 11) is 0. The molecule has 4 rings (SSSR count). The van der Waals surface area contributed by atoms with Crippen LogP contribution in [0.5, 0.6) is 0 Å².